The van der Waals surface area contributed by atoms with Gasteiger partial charge in [-0.1, -0.05) is 109 Å². The highest BCUT2D eigenvalue weighted by molar-refractivity contribution is 5.69. The first-order chi connectivity index (χ1) is 15.3. The molecule has 0 radical (unpaired) electrons. The molecule has 31 heavy (non-hydrogen) atoms. The lowest BCUT2D eigenvalue weighted by Crippen LogP contribution is -2.05. The maximum Gasteiger partial charge on any atom is 0.305 e. The first kappa shape index (κ1) is 29.9. The summed E-state index contributed by atoms with van der Waals surface area (Å²) in [5.41, 5.74) is 0. The number of unbranched alkanes of at least 4 members (excludes halogenated alkanes) is 16. The average Bonchev–Trinajstić information content (AvgIpc) is 2.77. The van der Waals surface area contributed by atoms with Crippen LogP contribution in [0.3, 0.4) is 0 Å². The lowest BCUT2D eigenvalue weighted by Gasteiger charge is -2.05. The summed E-state index contributed by atoms with van der Waals surface area (Å²) in [4.78, 5) is 11.8. The molecule has 0 saturated heterocycles. The van der Waals surface area contributed by atoms with E-state index in [1.807, 2.05) is 0 Å². The highest BCUT2D eigenvalue weighted by atomic mass is 16.5. The van der Waals surface area contributed by atoms with Crippen LogP contribution in [0.15, 0.2) is 24.3 Å². The number of hydrogen-bond donors (Lipinski definition) is 0. The van der Waals surface area contributed by atoms with E-state index in [2.05, 4.69) is 38.2 Å². The Kier molecular flexibility index (Phi) is 26.1. The molecule has 0 aromatic carbocycles. The minimum atomic E-state index is 0.000117. The molecule has 0 heterocycles. The van der Waals surface area contributed by atoms with Gasteiger partial charge in [-0.25, -0.2) is 0 Å². The lowest BCUT2D eigenvalue weighted by atomic mass is 10.1. The molecule has 2 nitrogen and oxygen atoms in total. The Morgan fingerprint density at radius 3 is 1.52 bits per heavy atom. The molecule has 0 spiro atoms. The standard InChI is InChI=1S/C29H54O2/c1-3-5-7-9-11-13-14-15-16-17-18-19-21-23-25-27-29(30)31-28-26-24-22-20-12-10-8-6-4-2/h8,10,15-16H,3-7,9,11-14,17-28H2,1-2H3/b10-8+,16-15-. The number of allylic oxidation sites excluding steroid dienone is 4. The topological polar surface area (TPSA) is 26.3 Å². The fourth-order valence-corrected chi connectivity index (χ4v) is 3.72. The highest BCUT2D eigenvalue weighted by Gasteiger charge is 2.02. The zero-order valence-electron chi connectivity index (χ0n) is 21.2. The maximum atomic E-state index is 11.8. The number of ether oxygens (including phenoxy) is 1. The van der Waals surface area contributed by atoms with E-state index in [0.29, 0.717) is 13.0 Å². The first-order valence-corrected chi connectivity index (χ1v) is 13.8. The van der Waals surface area contributed by atoms with Crippen molar-refractivity contribution in [2.45, 2.75) is 149 Å². The monoisotopic (exact) mass is 434 g/mol. The second-order valence-electron chi connectivity index (χ2n) is 9.02. The van der Waals surface area contributed by atoms with Gasteiger partial charge in [0.1, 0.15) is 0 Å². The Morgan fingerprint density at radius 2 is 0.968 bits per heavy atom. The molecule has 182 valence electrons. The predicted molar refractivity (Wildman–Crippen MR) is 138 cm³/mol. The van der Waals surface area contributed by atoms with Crippen molar-refractivity contribution in [3.8, 4) is 0 Å². The van der Waals surface area contributed by atoms with Gasteiger partial charge >= 0.3 is 5.97 Å². The molecule has 0 aromatic heterocycles. The van der Waals surface area contributed by atoms with Gasteiger partial charge in [-0.3, -0.25) is 4.79 Å². The van der Waals surface area contributed by atoms with Crippen LogP contribution < -0.4 is 0 Å². The Balaban J connectivity index is 3.23. The lowest BCUT2D eigenvalue weighted by molar-refractivity contribution is -0.143. The van der Waals surface area contributed by atoms with E-state index in [-0.39, 0.29) is 5.97 Å². The van der Waals surface area contributed by atoms with Crippen LogP contribution in [0.5, 0.6) is 0 Å². The number of carbonyl (C=O) groups excluding carboxylic acids is 1. The van der Waals surface area contributed by atoms with Crippen LogP contribution in [0.2, 0.25) is 0 Å². The number of carbonyl (C=O) groups is 1. The summed E-state index contributed by atoms with van der Waals surface area (Å²) in [5.74, 6) is 0.000117. The van der Waals surface area contributed by atoms with Gasteiger partial charge in [-0.2, -0.15) is 0 Å². The molecule has 0 atom stereocenters. The van der Waals surface area contributed by atoms with Gasteiger partial charge in [0.2, 0.25) is 0 Å². The van der Waals surface area contributed by atoms with Crippen LogP contribution in [0, 0.1) is 0 Å². The molecule has 0 bridgehead atoms. The molecular weight excluding hydrogens is 380 g/mol. The van der Waals surface area contributed by atoms with Gasteiger partial charge in [0.05, 0.1) is 6.61 Å². The van der Waals surface area contributed by atoms with Gasteiger partial charge in [0.25, 0.3) is 0 Å². The van der Waals surface area contributed by atoms with Crippen molar-refractivity contribution in [1.29, 1.82) is 0 Å². The van der Waals surface area contributed by atoms with E-state index in [9.17, 15) is 4.79 Å². The van der Waals surface area contributed by atoms with Crippen LogP contribution >= 0.6 is 0 Å². The fourth-order valence-electron chi connectivity index (χ4n) is 3.72. The maximum absolute atomic E-state index is 11.8. The third-order valence-corrected chi connectivity index (χ3v) is 5.79. The summed E-state index contributed by atoms with van der Waals surface area (Å²) in [6, 6.07) is 0. The van der Waals surface area contributed by atoms with E-state index in [1.165, 1.54) is 109 Å². The Hall–Kier alpha value is -1.05. The molecular formula is C29H54O2. The Morgan fingerprint density at radius 1 is 0.516 bits per heavy atom. The Labute approximate surface area is 195 Å². The quantitative estimate of drug-likeness (QED) is 0.0858. The van der Waals surface area contributed by atoms with Crippen molar-refractivity contribution in [2.24, 2.45) is 0 Å². The molecule has 0 fully saturated rings. The number of rotatable bonds is 24. The normalized spacial score (nSPS) is 11.7. The van der Waals surface area contributed by atoms with Crippen LogP contribution in [-0.2, 0) is 9.53 Å². The predicted octanol–water partition coefficient (Wildman–Crippen LogP) is 9.87. The Bertz CT molecular complexity index is 411. The second kappa shape index (κ2) is 27.0. The number of esters is 1. The van der Waals surface area contributed by atoms with E-state index in [0.717, 1.165) is 19.3 Å². The van der Waals surface area contributed by atoms with Crippen molar-refractivity contribution >= 4 is 5.97 Å². The average molecular weight is 435 g/mol. The molecule has 0 unspecified atom stereocenters. The second-order valence-corrected chi connectivity index (χ2v) is 9.02. The smallest absolute Gasteiger partial charge is 0.305 e. The molecule has 0 rings (SSSR count). The summed E-state index contributed by atoms with van der Waals surface area (Å²) in [7, 11) is 0. The first-order valence-electron chi connectivity index (χ1n) is 13.8. The fraction of sp³-hybridized carbons (Fsp3) is 0.828. The largest absolute Gasteiger partial charge is 0.466 e. The number of hydrogen-bond acceptors (Lipinski definition) is 2. The molecule has 0 saturated carbocycles. The van der Waals surface area contributed by atoms with Crippen molar-refractivity contribution in [3.05, 3.63) is 24.3 Å². The van der Waals surface area contributed by atoms with Gasteiger partial charge in [-0.15, -0.1) is 0 Å². The van der Waals surface area contributed by atoms with Crippen molar-refractivity contribution in [2.75, 3.05) is 6.61 Å². The van der Waals surface area contributed by atoms with Crippen molar-refractivity contribution in [3.63, 3.8) is 0 Å². The summed E-state index contributed by atoms with van der Waals surface area (Å²) < 4.78 is 5.36. The van der Waals surface area contributed by atoms with E-state index >= 15 is 0 Å². The molecule has 0 amide bonds. The van der Waals surface area contributed by atoms with Gasteiger partial charge in [0, 0.05) is 6.42 Å². The molecule has 0 aliphatic rings. The van der Waals surface area contributed by atoms with E-state index in [4.69, 9.17) is 4.74 Å². The third-order valence-electron chi connectivity index (χ3n) is 5.79. The minimum Gasteiger partial charge on any atom is -0.466 e. The van der Waals surface area contributed by atoms with E-state index in [1.54, 1.807) is 0 Å². The zero-order chi connectivity index (χ0) is 22.7. The molecule has 0 N–H and O–H groups in total. The summed E-state index contributed by atoms with van der Waals surface area (Å²) in [6.45, 7) is 5.09. The summed E-state index contributed by atoms with van der Waals surface area (Å²) >= 11 is 0. The van der Waals surface area contributed by atoms with E-state index < -0.39 is 0 Å². The summed E-state index contributed by atoms with van der Waals surface area (Å²) in [5, 5.41) is 0. The van der Waals surface area contributed by atoms with Gasteiger partial charge in [0.15, 0.2) is 0 Å². The SMILES string of the molecule is CCC/C=C/CCCCCCOC(=O)CCCCCCC/C=C\CCCCCCCC. The molecule has 0 aliphatic carbocycles. The van der Waals surface area contributed by atoms with Crippen LogP contribution in [0.1, 0.15) is 149 Å². The van der Waals surface area contributed by atoms with Crippen LogP contribution in [-0.4, -0.2) is 12.6 Å². The van der Waals surface area contributed by atoms with Crippen LogP contribution in [0.25, 0.3) is 0 Å². The summed E-state index contributed by atoms with van der Waals surface area (Å²) in [6.07, 6.45) is 34.9. The zero-order valence-corrected chi connectivity index (χ0v) is 21.2. The molecule has 0 aromatic rings. The van der Waals surface area contributed by atoms with Crippen molar-refractivity contribution < 1.29 is 9.53 Å². The van der Waals surface area contributed by atoms with Crippen molar-refractivity contribution in [1.82, 2.24) is 0 Å². The third kappa shape index (κ3) is 26.9. The van der Waals surface area contributed by atoms with Crippen LogP contribution in [0.4, 0.5) is 0 Å². The van der Waals surface area contributed by atoms with Gasteiger partial charge in [-0.05, 0) is 57.8 Å². The highest BCUT2D eigenvalue weighted by Crippen LogP contribution is 2.11. The minimum absolute atomic E-state index is 0.000117. The molecule has 2 heteroatoms. The molecule has 0 aliphatic heterocycles. The van der Waals surface area contributed by atoms with Gasteiger partial charge < -0.3 is 4.74 Å².